The normalized spacial score (nSPS) is 14.3. The van der Waals surface area contributed by atoms with Gasteiger partial charge in [-0.1, -0.05) is 6.07 Å². The molecule has 0 bridgehead atoms. The van der Waals surface area contributed by atoms with Crippen molar-refractivity contribution < 1.29 is 5.11 Å². The summed E-state index contributed by atoms with van der Waals surface area (Å²) in [7, 11) is 0. The second-order valence-electron chi connectivity index (χ2n) is 4.27. The van der Waals surface area contributed by atoms with Crippen molar-refractivity contribution >= 4 is 0 Å². The van der Waals surface area contributed by atoms with Crippen LogP contribution in [0, 0.1) is 0 Å². The quantitative estimate of drug-likeness (QED) is 0.798. The number of nitrogens with zero attached hydrogens (tertiary/aromatic N) is 3. The van der Waals surface area contributed by atoms with Gasteiger partial charge in [-0.05, 0) is 25.1 Å². The van der Waals surface area contributed by atoms with Crippen LogP contribution in [0.15, 0.2) is 42.9 Å². The third kappa shape index (κ3) is 3.65. The predicted octanol–water partition coefficient (Wildman–Crippen LogP) is 0.990. The molecule has 0 saturated carbocycles. The average Bonchev–Trinajstić information content (AvgIpc) is 2.90. The smallest absolute Gasteiger partial charge is 0.0860 e. The summed E-state index contributed by atoms with van der Waals surface area (Å²) in [5.41, 5.74) is 0.976. The molecule has 2 aromatic rings. The number of aliphatic hydroxyl groups is 1. The average molecular weight is 246 g/mol. The molecule has 1 unspecified atom stereocenters. The summed E-state index contributed by atoms with van der Waals surface area (Å²) >= 11 is 0. The standard InChI is InChI=1S/C13H18N4O/c1-11(13-5-2-3-6-14-13)15-9-12(18)10-17-8-4-7-16-17/h2-8,11-12,15,18H,9-10H2,1H3/t11-,12?/m1/s1. The van der Waals surface area contributed by atoms with E-state index in [0.717, 1.165) is 5.69 Å². The minimum absolute atomic E-state index is 0.124. The van der Waals surface area contributed by atoms with Crippen molar-refractivity contribution in [1.82, 2.24) is 20.1 Å². The Labute approximate surface area is 106 Å². The van der Waals surface area contributed by atoms with Crippen LogP contribution in [0.4, 0.5) is 0 Å². The molecule has 5 nitrogen and oxygen atoms in total. The summed E-state index contributed by atoms with van der Waals surface area (Å²) in [4.78, 5) is 4.27. The lowest BCUT2D eigenvalue weighted by Gasteiger charge is -2.16. The van der Waals surface area contributed by atoms with Crippen LogP contribution in [0.2, 0.25) is 0 Å². The molecule has 2 heterocycles. The van der Waals surface area contributed by atoms with E-state index >= 15 is 0 Å². The molecule has 18 heavy (non-hydrogen) atoms. The Morgan fingerprint density at radius 3 is 2.89 bits per heavy atom. The zero-order valence-corrected chi connectivity index (χ0v) is 10.4. The summed E-state index contributed by atoms with van der Waals surface area (Å²) in [5, 5.41) is 17.2. The Kier molecular flexibility index (Phi) is 4.44. The molecule has 2 rings (SSSR count). The first-order valence-corrected chi connectivity index (χ1v) is 6.05. The van der Waals surface area contributed by atoms with Gasteiger partial charge in [0.15, 0.2) is 0 Å². The number of aromatic nitrogens is 3. The van der Waals surface area contributed by atoms with E-state index in [4.69, 9.17) is 0 Å². The minimum Gasteiger partial charge on any atom is -0.390 e. The molecule has 0 amide bonds. The monoisotopic (exact) mass is 246 g/mol. The van der Waals surface area contributed by atoms with Crippen LogP contribution in [-0.4, -0.2) is 32.5 Å². The molecule has 2 N–H and O–H groups in total. The molecule has 0 aliphatic heterocycles. The van der Waals surface area contributed by atoms with E-state index < -0.39 is 6.10 Å². The van der Waals surface area contributed by atoms with Crippen molar-refractivity contribution in [3.05, 3.63) is 48.5 Å². The lowest BCUT2D eigenvalue weighted by Crippen LogP contribution is -2.32. The summed E-state index contributed by atoms with van der Waals surface area (Å²) in [6, 6.07) is 7.79. The number of hydrogen-bond acceptors (Lipinski definition) is 4. The molecule has 2 atom stereocenters. The Morgan fingerprint density at radius 1 is 1.33 bits per heavy atom. The van der Waals surface area contributed by atoms with Gasteiger partial charge in [-0.15, -0.1) is 0 Å². The first-order chi connectivity index (χ1) is 8.75. The number of nitrogens with one attached hydrogen (secondary N) is 1. The van der Waals surface area contributed by atoms with Gasteiger partial charge in [-0.25, -0.2) is 0 Å². The fourth-order valence-corrected chi connectivity index (χ4v) is 1.74. The lowest BCUT2D eigenvalue weighted by atomic mass is 10.2. The maximum Gasteiger partial charge on any atom is 0.0860 e. The molecule has 0 saturated heterocycles. The van der Waals surface area contributed by atoms with Gasteiger partial charge < -0.3 is 10.4 Å². The van der Waals surface area contributed by atoms with Crippen molar-refractivity contribution in [2.24, 2.45) is 0 Å². The molecule has 0 fully saturated rings. The number of rotatable bonds is 6. The molecule has 0 aliphatic carbocycles. The van der Waals surface area contributed by atoms with Crippen molar-refractivity contribution in [1.29, 1.82) is 0 Å². The maximum absolute atomic E-state index is 9.87. The van der Waals surface area contributed by atoms with Crippen molar-refractivity contribution in [2.45, 2.75) is 25.6 Å². The van der Waals surface area contributed by atoms with Gasteiger partial charge in [-0.2, -0.15) is 5.10 Å². The van der Waals surface area contributed by atoms with E-state index in [2.05, 4.69) is 15.4 Å². The third-order valence-electron chi connectivity index (χ3n) is 2.75. The number of aliphatic hydroxyl groups excluding tert-OH is 1. The molecule has 0 radical (unpaired) electrons. The van der Waals surface area contributed by atoms with E-state index in [1.807, 2.05) is 37.4 Å². The first kappa shape index (κ1) is 12.7. The zero-order valence-electron chi connectivity index (χ0n) is 10.4. The van der Waals surface area contributed by atoms with Crippen LogP contribution in [-0.2, 0) is 6.54 Å². The molecule has 5 heteroatoms. The van der Waals surface area contributed by atoms with Gasteiger partial charge in [0.25, 0.3) is 0 Å². The van der Waals surface area contributed by atoms with E-state index in [1.165, 1.54) is 0 Å². The highest BCUT2D eigenvalue weighted by Gasteiger charge is 2.09. The first-order valence-electron chi connectivity index (χ1n) is 6.05. The van der Waals surface area contributed by atoms with Crippen LogP contribution < -0.4 is 5.32 Å². The van der Waals surface area contributed by atoms with Gasteiger partial charge in [0, 0.05) is 31.2 Å². The van der Waals surface area contributed by atoms with Crippen molar-refractivity contribution in [3.8, 4) is 0 Å². The zero-order chi connectivity index (χ0) is 12.8. The van der Waals surface area contributed by atoms with Crippen LogP contribution in [0.25, 0.3) is 0 Å². The van der Waals surface area contributed by atoms with Gasteiger partial charge in [0.05, 0.1) is 18.3 Å². The van der Waals surface area contributed by atoms with Crippen molar-refractivity contribution in [2.75, 3.05) is 6.54 Å². The van der Waals surface area contributed by atoms with Gasteiger partial charge in [0.2, 0.25) is 0 Å². The third-order valence-corrected chi connectivity index (χ3v) is 2.75. The van der Waals surface area contributed by atoms with Crippen LogP contribution in [0.5, 0.6) is 0 Å². The van der Waals surface area contributed by atoms with Gasteiger partial charge in [-0.3, -0.25) is 9.67 Å². The lowest BCUT2D eigenvalue weighted by molar-refractivity contribution is 0.143. The summed E-state index contributed by atoms with van der Waals surface area (Å²) in [6.07, 6.45) is 4.85. The van der Waals surface area contributed by atoms with Crippen LogP contribution >= 0.6 is 0 Å². The molecule has 96 valence electrons. The molecule has 0 aromatic carbocycles. The summed E-state index contributed by atoms with van der Waals surface area (Å²) < 4.78 is 1.72. The van der Waals surface area contributed by atoms with Crippen LogP contribution in [0.3, 0.4) is 0 Å². The molecule has 2 aromatic heterocycles. The second kappa shape index (κ2) is 6.28. The second-order valence-corrected chi connectivity index (χ2v) is 4.27. The highest BCUT2D eigenvalue weighted by Crippen LogP contribution is 2.07. The fourth-order valence-electron chi connectivity index (χ4n) is 1.74. The Balaban J connectivity index is 1.77. The highest BCUT2D eigenvalue weighted by molar-refractivity contribution is 5.07. The van der Waals surface area contributed by atoms with E-state index in [1.54, 1.807) is 17.1 Å². The maximum atomic E-state index is 9.87. The molecule has 0 spiro atoms. The Morgan fingerprint density at radius 2 is 2.22 bits per heavy atom. The SMILES string of the molecule is C[C@@H](NCC(O)Cn1cccn1)c1ccccn1. The Hall–Kier alpha value is -1.72. The summed E-state index contributed by atoms with van der Waals surface area (Å²) in [5.74, 6) is 0. The molecular weight excluding hydrogens is 228 g/mol. The van der Waals surface area contributed by atoms with E-state index in [0.29, 0.717) is 13.1 Å². The predicted molar refractivity (Wildman–Crippen MR) is 68.9 cm³/mol. The van der Waals surface area contributed by atoms with Crippen molar-refractivity contribution in [3.63, 3.8) is 0 Å². The minimum atomic E-state index is -0.462. The van der Waals surface area contributed by atoms with Crippen LogP contribution in [0.1, 0.15) is 18.7 Å². The fraction of sp³-hybridized carbons (Fsp3) is 0.385. The number of hydrogen-bond donors (Lipinski definition) is 2. The summed E-state index contributed by atoms with van der Waals surface area (Å²) in [6.45, 7) is 3.04. The van der Waals surface area contributed by atoms with Gasteiger partial charge in [0.1, 0.15) is 0 Å². The molecular formula is C13H18N4O. The van der Waals surface area contributed by atoms with Gasteiger partial charge >= 0.3 is 0 Å². The largest absolute Gasteiger partial charge is 0.390 e. The highest BCUT2D eigenvalue weighted by atomic mass is 16.3. The van der Waals surface area contributed by atoms with E-state index in [9.17, 15) is 5.11 Å². The number of pyridine rings is 1. The van der Waals surface area contributed by atoms with E-state index in [-0.39, 0.29) is 6.04 Å². The topological polar surface area (TPSA) is 63.0 Å². The molecule has 0 aliphatic rings. The Bertz CT molecular complexity index is 443.